The molecule has 1 aromatic heterocycles. The van der Waals surface area contributed by atoms with Crippen molar-refractivity contribution in [2.45, 2.75) is 25.6 Å². The van der Waals surface area contributed by atoms with Gasteiger partial charge in [-0.1, -0.05) is 12.1 Å². The Kier molecular flexibility index (Phi) is 6.19. The fourth-order valence-corrected chi connectivity index (χ4v) is 3.83. The highest BCUT2D eigenvalue weighted by atomic mass is 32.3. The number of carbonyl (C=O) groups excluding carboxylic acids is 1. The van der Waals surface area contributed by atoms with E-state index in [2.05, 4.69) is 22.1 Å². The average Bonchev–Trinajstić information content (AvgIpc) is 2.60. The lowest BCUT2D eigenvalue weighted by atomic mass is 10.1. The standard InChI is InChI=1S/C19H26N4O4S/c1-13-11-27-8-7-23(13)18-10-17(12-28(3,25)26)21-19(22-18)15-5-4-6-16(9-15)20-14(2)24/h4-6,9-10,13,25-26H,7-8,11-12H2,1-3H3,(H,20,24)/t13-/m0/s1. The summed E-state index contributed by atoms with van der Waals surface area (Å²) < 4.78 is 25.4. The summed E-state index contributed by atoms with van der Waals surface area (Å²) >= 11 is 0. The van der Waals surface area contributed by atoms with E-state index in [1.807, 2.05) is 12.1 Å². The van der Waals surface area contributed by atoms with Gasteiger partial charge in [0, 0.05) is 37.0 Å². The highest BCUT2D eigenvalue weighted by Crippen LogP contribution is 2.38. The van der Waals surface area contributed by atoms with Crippen LogP contribution in [0.25, 0.3) is 11.4 Å². The topological polar surface area (TPSA) is 108 Å². The molecule has 1 atom stereocenters. The van der Waals surface area contributed by atoms with Crippen molar-refractivity contribution in [2.75, 3.05) is 36.2 Å². The van der Waals surface area contributed by atoms with Crippen molar-refractivity contribution in [2.24, 2.45) is 0 Å². The number of aromatic nitrogens is 2. The second kappa shape index (κ2) is 8.44. The van der Waals surface area contributed by atoms with E-state index in [4.69, 9.17) is 9.72 Å². The SMILES string of the molecule is CC(=O)Nc1cccc(-c2nc(CS(C)(O)O)cc(N3CCOC[C@@H]3C)n2)c1. The number of ether oxygens (including phenoxy) is 1. The van der Waals surface area contributed by atoms with Crippen molar-refractivity contribution >= 4 is 28.0 Å². The Hall–Kier alpha value is -2.20. The Morgan fingerprint density at radius 1 is 1.36 bits per heavy atom. The second-order valence-electron chi connectivity index (χ2n) is 7.06. The minimum Gasteiger partial charge on any atom is -0.377 e. The molecule has 1 aromatic carbocycles. The number of nitrogens with one attached hydrogen (secondary N) is 1. The first-order valence-corrected chi connectivity index (χ1v) is 11.1. The van der Waals surface area contributed by atoms with Gasteiger partial charge in [-0.05, 0) is 19.1 Å². The Morgan fingerprint density at radius 2 is 2.14 bits per heavy atom. The second-order valence-corrected chi connectivity index (χ2v) is 9.33. The maximum atomic E-state index is 11.4. The molecule has 9 heteroatoms. The van der Waals surface area contributed by atoms with Gasteiger partial charge in [-0.3, -0.25) is 13.9 Å². The van der Waals surface area contributed by atoms with Gasteiger partial charge in [0.25, 0.3) is 0 Å². The Labute approximate surface area is 166 Å². The van der Waals surface area contributed by atoms with Crippen LogP contribution >= 0.6 is 10.6 Å². The van der Waals surface area contributed by atoms with E-state index < -0.39 is 10.6 Å². The van der Waals surface area contributed by atoms with Crippen LogP contribution in [-0.2, 0) is 15.3 Å². The molecule has 0 unspecified atom stereocenters. The van der Waals surface area contributed by atoms with Crippen molar-refractivity contribution in [3.8, 4) is 11.4 Å². The largest absolute Gasteiger partial charge is 0.377 e. The number of morpholine rings is 1. The molecule has 0 spiro atoms. The number of benzene rings is 1. The summed E-state index contributed by atoms with van der Waals surface area (Å²) in [4.78, 5) is 22.8. The predicted molar refractivity (Wildman–Crippen MR) is 112 cm³/mol. The molecule has 2 aromatic rings. The quantitative estimate of drug-likeness (QED) is 0.700. The van der Waals surface area contributed by atoms with Gasteiger partial charge in [0.2, 0.25) is 5.91 Å². The van der Waals surface area contributed by atoms with Gasteiger partial charge in [0.1, 0.15) is 5.82 Å². The summed E-state index contributed by atoms with van der Waals surface area (Å²) in [7, 11) is -2.75. The molecule has 28 heavy (non-hydrogen) atoms. The number of carbonyl (C=O) groups is 1. The lowest BCUT2D eigenvalue weighted by Gasteiger charge is -2.35. The molecular formula is C19H26N4O4S. The predicted octanol–water partition coefficient (Wildman–Crippen LogP) is 3.21. The molecular weight excluding hydrogens is 380 g/mol. The highest BCUT2D eigenvalue weighted by molar-refractivity contribution is 8.23. The molecule has 2 heterocycles. The third-order valence-electron chi connectivity index (χ3n) is 4.29. The molecule has 3 rings (SSSR count). The third kappa shape index (κ3) is 5.41. The summed E-state index contributed by atoms with van der Waals surface area (Å²) in [5.41, 5.74) is 1.95. The summed E-state index contributed by atoms with van der Waals surface area (Å²) in [6, 6.07) is 9.24. The zero-order chi connectivity index (χ0) is 20.3. The smallest absolute Gasteiger partial charge is 0.221 e. The van der Waals surface area contributed by atoms with Gasteiger partial charge in [-0.15, -0.1) is 0 Å². The van der Waals surface area contributed by atoms with Crippen LogP contribution in [0.15, 0.2) is 30.3 Å². The van der Waals surface area contributed by atoms with Crippen molar-refractivity contribution in [3.63, 3.8) is 0 Å². The summed E-state index contributed by atoms with van der Waals surface area (Å²) in [5.74, 6) is 1.10. The number of hydrogen-bond donors (Lipinski definition) is 3. The van der Waals surface area contributed by atoms with Crippen molar-refractivity contribution in [1.82, 2.24) is 9.97 Å². The lowest BCUT2D eigenvalue weighted by molar-refractivity contribution is -0.114. The molecule has 1 aliphatic heterocycles. The third-order valence-corrected chi connectivity index (χ3v) is 5.13. The molecule has 8 nitrogen and oxygen atoms in total. The van der Waals surface area contributed by atoms with E-state index in [0.717, 1.165) is 11.4 Å². The molecule has 1 amide bonds. The van der Waals surface area contributed by atoms with E-state index in [1.165, 1.54) is 13.2 Å². The molecule has 152 valence electrons. The van der Waals surface area contributed by atoms with Crippen molar-refractivity contribution < 1.29 is 18.6 Å². The summed E-state index contributed by atoms with van der Waals surface area (Å²) in [6.07, 6.45) is 1.41. The monoisotopic (exact) mass is 406 g/mol. The molecule has 3 N–H and O–H groups in total. The average molecular weight is 407 g/mol. The normalized spacial score (nSPS) is 18.0. The van der Waals surface area contributed by atoms with Crippen LogP contribution in [-0.4, -0.2) is 57.0 Å². The number of nitrogens with zero attached hydrogens (tertiary/aromatic N) is 3. The molecule has 1 fully saturated rings. The van der Waals surface area contributed by atoms with Gasteiger partial charge in [0.05, 0.1) is 30.7 Å². The van der Waals surface area contributed by atoms with E-state index >= 15 is 0 Å². The van der Waals surface area contributed by atoms with E-state index in [9.17, 15) is 13.9 Å². The van der Waals surface area contributed by atoms with Crippen molar-refractivity contribution in [1.29, 1.82) is 0 Å². The molecule has 1 saturated heterocycles. The van der Waals surface area contributed by atoms with Crippen LogP contribution < -0.4 is 10.2 Å². The zero-order valence-electron chi connectivity index (χ0n) is 16.3. The number of rotatable bonds is 5. The van der Waals surface area contributed by atoms with Gasteiger partial charge < -0.3 is 15.0 Å². The Balaban J connectivity index is 2.03. The fourth-order valence-electron chi connectivity index (χ4n) is 3.12. The maximum absolute atomic E-state index is 11.4. The minimum atomic E-state index is -2.75. The molecule has 0 bridgehead atoms. The fraction of sp³-hybridized carbons (Fsp3) is 0.421. The minimum absolute atomic E-state index is 0.0552. The van der Waals surface area contributed by atoms with Crippen molar-refractivity contribution in [3.05, 3.63) is 36.0 Å². The molecule has 0 radical (unpaired) electrons. The van der Waals surface area contributed by atoms with Crippen LogP contribution in [0.4, 0.5) is 11.5 Å². The van der Waals surface area contributed by atoms with Crippen LogP contribution in [0.5, 0.6) is 0 Å². The van der Waals surface area contributed by atoms with E-state index in [-0.39, 0.29) is 17.7 Å². The first-order chi connectivity index (χ1) is 13.2. The van der Waals surface area contributed by atoms with Crippen LogP contribution in [0.3, 0.4) is 0 Å². The molecule has 1 aliphatic rings. The Bertz CT molecular complexity index is 856. The number of hydrogen-bond acceptors (Lipinski definition) is 7. The van der Waals surface area contributed by atoms with Gasteiger partial charge in [-0.25, -0.2) is 9.97 Å². The van der Waals surface area contributed by atoms with Gasteiger partial charge >= 0.3 is 0 Å². The first kappa shape index (κ1) is 20.5. The zero-order valence-corrected chi connectivity index (χ0v) is 17.1. The summed E-state index contributed by atoms with van der Waals surface area (Å²) in [5, 5.41) is 2.76. The van der Waals surface area contributed by atoms with Crippen LogP contribution in [0.2, 0.25) is 0 Å². The lowest BCUT2D eigenvalue weighted by Crippen LogP contribution is -2.44. The highest BCUT2D eigenvalue weighted by Gasteiger charge is 2.22. The van der Waals surface area contributed by atoms with Gasteiger partial charge in [0.15, 0.2) is 5.82 Å². The number of anilines is 2. The number of amides is 1. The van der Waals surface area contributed by atoms with Crippen LogP contribution in [0.1, 0.15) is 19.5 Å². The van der Waals surface area contributed by atoms with E-state index in [0.29, 0.717) is 37.0 Å². The Morgan fingerprint density at radius 3 is 2.82 bits per heavy atom. The summed E-state index contributed by atoms with van der Waals surface area (Å²) in [6.45, 7) is 5.43. The van der Waals surface area contributed by atoms with E-state index in [1.54, 1.807) is 18.2 Å². The van der Waals surface area contributed by atoms with Crippen LogP contribution in [0, 0.1) is 0 Å². The van der Waals surface area contributed by atoms with Gasteiger partial charge in [-0.2, -0.15) is 10.6 Å². The maximum Gasteiger partial charge on any atom is 0.221 e. The first-order valence-electron chi connectivity index (χ1n) is 9.02. The molecule has 0 saturated carbocycles. The molecule has 0 aliphatic carbocycles.